The average Bonchev–Trinajstić information content (AvgIpc) is 1.47. The van der Waals surface area contributed by atoms with Gasteiger partial charge in [0, 0.05) is 77.0 Å². The summed E-state index contributed by atoms with van der Waals surface area (Å²) < 4.78 is 9.77. The molecular weight excluding hydrogens is 1690 g/mol. The van der Waals surface area contributed by atoms with Crippen molar-refractivity contribution in [3.8, 4) is 134 Å². The molecule has 140 heavy (non-hydrogen) atoms. The van der Waals surface area contributed by atoms with Gasteiger partial charge >= 0.3 is 0 Å². The van der Waals surface area contributed by atoms with Crippen LogP contribution in [0.1, 0.15) is 0 Å². The second-order valence-corrected chi connectivity index (χ2v) is 36.7. The molecule has 0 N–H and O–H groups in total. The number of fused-ring (bicyclic) bond motifs is 16. The molecule has 0 spiro atoms. The van der Waals surface area contributed by atoms with Crippen LogP contribution in [-0.4, -0.2) is 18.3 Å². The number of benzene rings is 24. The molecule has 0 saturated heterocycles. The van der Waals surface area contributed by atoms with Crippen LogP contribution in [0.15, 0.2) is 534 Å². The fourth-order valence-electron chi connectivity index (χ4n) is 22.9. The number of para-hydroxylation sites is 10. The van der Waals surface area contributed by atoms with Crippen molar-refractivity contribution in [3.05, 3.63) is 534 Å². The Kier molecular flexibility index (Phi) is 19.6. The molecule has 0 atom stereocenters. The molecule has 0 fully saturated rings. The van der Waals surface area contributed by atoms with Crippen molar-refractivity contribution in [2.45, 2.75) is 0 Å². The molecule has 0 radical (unpaired) electrons. The molecule has 652 valence electrons. The van der Waals surface area contributed by atoms with Crippen LogP contribution >= 0.6 is 0 Å². The molecule has 4 heterocycles. The summed E-state index contributed by atoms with van der Waals surface area (Å²) >= 11 is 0. The summed E-state index contributed by atoms with van der Waals surface area (Å²) in [7, 11) is 0. The van der Waals surface area contributed by atoms with Crippen molar-refractivity contribution >= 4 is 130 Å². The van der Waals surface area contributed by atoms with Crippen LogP contribution in [0.5, 0.6) is 0 Å². The minimum Gasteiger partial charge on any atom is -0.309 e. The summed E-state index contributed by atoms with van der Waals surface area (Å²) in [5.74, 6) is 0. The molecule has 0 unspecified atom stereocenters. The van der Waals surface area contributed by atoms with E-state index in [9.17, 15) is 0 Å². The number of hydrogen-bond donors (Lipinski definition) is 0. The third kappa shape index (κ3) is 13.4. The molecule has 0 aliphatic rings. The first-order valence-electron chi connectivity index (χ1n) is 48.3. The first kappa shape index (κ1) is 81.1. The molecule has 0 aliphatic heterocycles. The van der Waals surface area contributed by atoms with Crippen LogP contribution in [0.25, 0.3) is 264 Å². The van der Waals surface area contributed by atoms with E-state index in [2.05, 4.69) is 552 Å². The lowest BCUT2D eigenvalue weighted by molar-refractivity contribution is 1.18. The molecule has 24 aromatic carbocycles. The molecule has 0 amide bonds. The average molecular weight is 1780 g/mol. The summed E-state index contributed by atoms with van der Waals surface area (Å²) in [5.41, 5.74) is 38.1. The molecule has 4 nitrogen and oxygen atoms in total. The lowest BCUT2D eigenvalue weighted by Crippen LogP contribution is -1.97. The van der Waals surface area contributed by atoms with E-state index in [-0.39, 0.29) is 0 Å². The van der Waals surface area contributed by atoms with Gasteiger partial charge < -0.3 is 18.3 Å². The first-order chi connectivity index (χ1) is 69.5. The zero-order chi connectivity index (χ0) is 92.2. The Balaban J connectivity index is 0.000000141. The van der Waals surface area contributed by atoms with Gasteiger partial charge in [-0.3, -0.25) is 0 Å². The van der Waals surface area contributed by atoms with Crippen molar-refractivity contribution in [2.75, 3.05) is 0 Å². The quantitative estimate of drug-likeness (QED) is 0.0967. The van der Waals surface area contributed by atoms with E-state index >= 15 is 0 Å². The van der Waals surface area contributed by atoms with Gasteiger partial charge in [-0.25, -0.2) is 0 Å². The minimum atomic E-state index is 1.14. The van der Waals surface area contributed by atoms with E-state index in [1.54, 1.807) is 0 Å². The van der Waals surface area contributed by atoms with Crippen LogP contribution in [0, 0.1) is 0 Å². The Bertz CT molecular complexity index is 9330. The van der Waals surface area contributed by atoms with Crippen LogP contribution in [0.3, 0.4) is 0 Å². The standard InChI is InChI=1S/2C68H44N2/c1-5-21-45(22-6-1)47-41-42-56(61(43-47)46-23-7-2-8-24-46)66-54-33-17-31-50(57-35-19-37-59-52-29-13-15-39-64(52)69(67(57)59)48-25-9-3-10-26-48)62(54)44-63-51(32-18-34-55(63)66)58-36-20-38-60-53-30-14-16-40-65(53)70(68(58)60)49-27-11-4-12-28-49;1-5-19-45(20-6-1)47-35-40-60(61(41-47)46-21-7-2-8-22-46)68-58-31-17-29-52(48-36-38-56-54-27-13-15-33-64(54)69(66(56)42-48)50-23-9-3-10-24-50)62(58)44-63-53(30-18-32-59(63)68)49-37-39-57-55-28-14-16-34-65(55)70(67(57)43-49)51-25-11-4-12-26-51/h2*1-44H. The predicted molar refractivity (Wildman–Crippen MR) is 595 cm³/mol. The second kappa shape index (κ2) is 33.9. The van der Waals surface area contributed by atoms with E-state index in [4.69, 9.17) is 0 Å². The summed E-state index contributed by atoms with van der Waals surface area (Å²) in [5, 5.41) is 19.6. The Morgan fingerprint density at radius 3 is 0.686 bits per heavy atom. The van der Waals surface area contributed by atoms with Gasteiger partial charge in [-0.15, -0.1) is 0 Å². The van der Waals surface area contributed by atoms with Crippen LogP contribution in [0.4, 0.5) is 0 Å². The fourth-order valence-corrected chi connectivity index (χ4v) is 22.9. The zero-order valence-corrected chi connectivity index (χ0v) is 76.6. The lowest BCUT2D eigenvalue weighted by Gasteiger charge is -2.21. The van der Waals surface area contributed by atoms with Gasteiger partial charge in [0.25, 0.3) is 0 Å². The molecule has 0 saturated carbocycles. The smallest absolute Gasteiger partial charge is 0.0619 e. The van der Waals surface area contributed by atoms with Gasteiger partial charge in [-0.2, -0.15) is 0 Å². The Labute approximate surface area is 810 Å². The van der Waals surface area contributed by atoms with Gasteiger partial charge in [0.1, 0.15) is 0 Å². The van der Waals surface area contributed by atoms with E-state index in [1.165, 1.54) is 242 Å². The Morgan fingerprint density at radius 2 is 0.343 bits per heavy atom. The molecule has 28 aromatic rings. The van der Waals surface area contributed by atoms with Crippen LogP contribution in [0.2, 0.25) is 0 Å². The van der Waals surface area contributed by atoms with E-state index in [0.717, 1.165) is 22.7 Å². The van der Waals surface area contributed by atoms with Crippen molar-refractivity contribution in [1.29, 1.82) is 0 Å². The summed E-state index contributed by atoms with van der Waals surface area (Å²) in [6.07, 6.45) is 0. The van der Waals surface area contributed by atoms with Crippen molar-refractivity contribution in [1.82, 2.24) is 18.3 Å². The van der Waals surface area contributed by atoms with Crippen LogP contribution < -0.4 is 0 Å². The Morgan fingerprint density at radius 1 is 0.100 bits per heavy atom. The maximum atomic E-state index is 2.50. The van der Waals surface area contributed by atoms with Crippen molar-refractivity contribution in [3.63, 3.8) is 0 Å². The normalized spacial score (nSPS) is 11.7. The summed E-state index contributed by atoms with van der Waals surface area (Å²) in [4.78, 5) is 0. The molecule has 28 rings (SSSR count). The number of aromatic nitrogens is 4. The number of hydrogen-bond acceptors (Lipinski definition) is 0. The molecular formula is C136H88N4. The highest BCUT2D eigenvalue weighted by Gasteiger charge is 2.28. The van der Waals surface area contributed by atoms with E-state index in [1.807, 2.05) is 0 Å². The predicted octanol–water partition coefficient (Wildman–Crippen LogP) is 37.0. The van der Waals surface area contributed by atoms with Crippen molar-refractivity contribution in [2.24, 2.45) is 0 Å². The lowest BCUT2D eigenvalue weighted by atomic mass is 9.83. The van der Waals surface area contributed by atoms with Gasteiger partial charge in [0.05, 0.1) is 44.1 Å². The zero-order valence-electron chi connectivity index (χ0n) is 76.6. The first-order valence-corrected chi connectivity index (χ1v) is 48.3. The molecule has 0 bridgehead atoms. The maximum absolute atomic E-state index is 2.50. The minimum absolute atomic E-state index is 1.14. The highest BCUT2D eigenvalue weighted by Crippen LogP contribution is 2.53. The van der Waals surface area contributed by atoms with Crippen LogP contribution in [-0.2, 0) is 0 Å². The number of nitrogens with zero attached hydrogens (tertiary/aromatic N) is 4. The topological polar surface area (TPSA) is 19.7 Å². The van der Waals surface area contributed by atoms with Gasteiger partial charge in [0.2, 0.25) is 0 Å². The van der Waals surface area contributed by atoms with Crippen molar-refractivity contribution < 1.29 is 0 Å². The molecule has 4 heteroatoms. The summed E-state index contributed by atoms with van der Waals surface area (Å²) in [6, 6.07) is 197. The third-order valence-electron chi connectivity index (χ3n) is 29.0. The highest BCUT2D eigenvalue weighted by atomic mass is 15.0. The Hall–Kier alpha value is -18.5. The highest BCUT2D eigenvalue weighted by molar-refractivity contribution is 6.26. The monoisotopic (exact) mass is 1780 g/mol. The van der Waals surface area contributed by atoms with Gasteiger partial charge in [-0.05, 0) is 252 Å². The maximum Gasteiger partial charge on any atom is 0.0619 e. The summed E-state index contributed by atoms with van der Waals surface area (Å²) in [6.45, 7) is 0. The van der Waals surface area contributed by atoms with Gasteiger partial charge in [0.15, 0.2) is 0 Å². The van der Waals surface area contributed by atoms with Gasteiger partial charge in [-0.1, -0.05) is 425 Å². The largest absolute Gasteiger partial charge is 0.309 e. The molecule has 0 aliphatic carbocycles. The van der Waals surface area contributed by atoms with E-state index in [0.29, 0.717) is 0 Å². The fraction of sp³-hybridized carbons (Fsp3) is 0. The SMILES string of the molecule is c1ccc(-c2ccc(-c3c4cccc(-c5ccc6c7ccccc7n(-c7ccccc7)c6c5)c4cc4c(-c5ccc6c7ccccc7n(-c7ccccc7)c6c5)cccc34)c(-c3ccccc3)c2)cc1.c1ccc(-c2ccc(-c3c4cccc(-c5cccc6c7ccccc7n(-c7ccccc7)c56)c4cc4c(-c5cccc6c7ccccc7n(-c7ccccc7)c56)cccc34)c(-c3ccccc3)c2)cc1. The number of rotatable bonds is 14. The third-order valence-corrected chi connectivity index (χ3v) is 29.0. The molecule has 4 aromatic heterocycles. The van der Waals surface area contributed by atoms with E-state index < -0.39 is 0 Å². The second-order valence-electron chi connectivity index (χ2n) is 36.7.